The molecule has 0 bridgehead atoms. The molecule has 0 amide bonds. The van der Waals surface area contributed by atoms with E-state index >= 15 is 0 Å². The van der Waals surface area contributed by atoms with Crippen LogP contribution in [0.4, 0.5) is 0 Å². The van der Waals surface area contributed by atoms with Crippen LogP contribution in [0.2, 0.25) is 0 Å². The number of carbonyl (C=O) groups excluding carboxylic acids is 4. The average Bonchev–Trinajstić information content (AvgIpc) is 0.911. The van der Waals surface area contributed by atoms with E-state index in [1.165, 1.54) is 25.7 Å². The van der Waals surface area contributed by atoms with Gasteiger partial charge >= 0.3 is 39.5 Å². The summed E-state index contributed by atoms with van der Waals surface area (Å²) in [7, 11) is -9.99. The fourth-order valence-electron chi connectivity index (χ4n) is 10.0. The number of hydrogen-bond donors (Lipinski definition) is 3. The van der Waals surface area contributed by atoms with Crippen LogP contribution in [0.1, 0.15) is 297 Å². The number of esters is 4. The van der Waals surface area contributed by atoms with Gasteiger partial charge in [-0.2, -0.15) is 0 Å². The molecule has 0 aromatic rings. The highest BCUT2D eigenvalue weighted by molar-refractivity contribution is 7.47. The summed E-state index contributed by atoms with van der Waals surface area (Å²) in [4.78, 5) is 73.0. The molecule has 3 N–H and O–H groups in total. The maximum absolute atomic E-state index is 13.1. The van der Waals surface area contributed by atoms with Crippen LogP contribution in [-0.2, 0) is 65.4 Å². The maximum Gasteiger partial charge on any atom is 0.472 e. The third-order valence-corrected chi connectivity index (χ3v) is 17.9. The Bertz CT molecular complexity index is 2590. The molecule has 19 heteroatoms. The topological polar surface area (TPSA) is 237 Å². The predicted molar refractivity (Wildman–Crippen MR) is 427 cm³/mol. The number of aliphatic hydroxyl groups excluding tert-OH is 1. The van der Waals surface area contributed by atoms with Crippen LogP contribution < -0.4 is 0 Å². The van der Waals surface area contributed by atoms with Gasteiger partial charge < -0.3 is 33.8 Å². The van der Waals surface area contributed by atoms with Gasteiger partial charge in [-0.05, 0) is 167 Å². The van der Waals surface area contributed by atoms with E-state index in [4.69, 9.17) is 37.0 Å². The molecule has 17 nitrogen and oxygen atoms in total. The van der Waals surface area contributed by atoms with Gasteiger partial charge in [0.15, 0.2) is 12.2 Å². The Balaban J connectivity index is 5.44. The fraction of sp³-hybridized carbons (Fsp3) is 0.647. The highest BCUT2D eigenvalue weighted by Gasteiger charge is 2.30. The summed E-state index contributed by atoms with van der Waals surface area (Å²) in [5.41, 5.74) is 0. The lowest BCUT2D eigenvalue weighted by atomic mass is 10.1. The molecule has 0 saturated carbocycles. The summed E-state index contributed by atoms with van der Waals surface area (Å²) in [5, 5.41) is 10.6. The van der Waals surface area contributed by atoms with Crippen molar-refractivity contribution in [2.24, 2.45) is 0 Å². The molecule has 0 saturated heterocycles. The van der Waals surface area contributed by atoms with Crippen molar-refractivity contribution >= 4 is 39.5 Å². The van der Waals surface area contributed by atoms with Gasteiger partial charge in [-0.1, -0.05) is 263 Å². The smallest absolute Gasteiger partial charge is 0.462 e. The third kappa shape index (κ3) is 74.9. The van der Waals surface area contributed by atoms with Crippen LogP contribution in [0.15, 0.2) is 158 Å². The normalized spacial score (nSPS) is 14.7. The second kappa shape index (κ2) is 75.9. The van der Waals surface area contributed by atoms with Gasteiger partial charge in [0.1, 0.15) is 19.3 Å². The summed E-state index contributed by atoms with van der Waals surface area (Å²) >= 11 is 0. The quantitative estimate of drug-likeness (QED) is 0.0169. The minimum absolute atomic E-state index is 0.0534. The second-order valence-corrected chi connectivity index (χ2v) is 28.8. The van der Waals surface area contributed by atoms with Crippen molar-refractivity contribution in [3.63, 3.8) is 0 Å². The van der Waals surface area contributed by atoms with Gasteiger partial charge in [0.05, 0.1) is 26.4 Å². The Hall–Kier alpha value is -5.32. The van der Waals surface area contributed by atoms with Crippen LogP contribution in [0.5, 0.6) is 0 Å². The first-order valence-electron chi connectivity index (χ1n) is 39.7. The van der Waals surface area contributed by atoms with Crippen LogP contribution in [0.3, 0.4) is 0 Å². The van der Waals surface area contributed by atoms with E-state index in [9.17, 15) is 43.2 Å². The molecule has 0 aromatic carbocycles. The van der Waals surface area contributed by atoms with Crippen LogP contribution in [-0.4, -0.2) is 96.7 Å². The largest absolute Gasteiger partial charge is 0.472 e. The summed E-state index contributed by atoms with van der Waals surface area (Å²) < 4.78 is 68.5. The molecule has 0 heterocycles. The van der Waals surface area contributed by atoms with Crippen molar-refractivity contribution in [1.82, 2.24) is 0 Å². The molecular weight excluding hydrogens is 1350 g/mol. The zero-order chi connectivity index (χ0) is 76.0. The summed E-state index contributed by atoms with van der Waals surface area (Å²) in [6, 6.07) is 0. The maximum atomic E-state index is 13.1. The standard InChI is InChI=1S/C85H140O17P2/c1-5-9-13-17-21-25-29-33-36-38-39-41-43-47-50-54-58-62-66-70-83(88)96-76-81(102-85(90)72-68-64-60-56-52-48-44-40-37-34-30-26-22-18-14-10-6-2)78-100-104(93,94)98-74-79(86)73-97-103(91,92)99-77-80(101-84(89)71-67-63-59-55-51-45-32-28-24-20-16-12-8-4)75-95-82(87)69-65-61-57-53-49-46-42-35-31-27-23-19-15-11-7-3/h9-11,13-15,21-23,25-28,32-37,39,41-42,44,47-48,50,79-81,86H,5-8,12,16-20,24,29-31,38,40,43,45-46,49,51-78H2,1-4H3,(H,91,92)(H,93,94)/b13-9-,14-10-,15-11-,25-21-,26-22-,27-23-,32-28-,36-33-,37-34-,41-39-,42-35-,48-44-,50-47-. The Labute approximate surface area is 629 Å². The van der Waals surface area contributed by atoms with Crippen molar-refractivity contribution in [2.75, 3.05) is 39.6 Å². The third-order valence-electron chi connectivity index (χ3n) is 16.0. The lowest BCUT2D eigenvalue weighted by Crippen LogP contribution is -2.30. The van der Waals surface area contributed by atoms with Crippen LogP contribution >= 0.6 is 15.6 Å². The van der Waals surface area contributed by atoms with E-state index < -0.39 is 97.5 Å². The number of unbranched alkanes of at least 4 members (excludes halogenated alkanes) is 21. The number of rotatable bonds is 73. The van der Waals surface area contributed by atoms with Gasteiger partial charge in [0.25, 0.3) is 0 Å². The molecule has 592 valence electrons. The van der Waals surface area contributed by atoms with Crippen molar-refractivity contribution in [3.8, 4) is 0 Å². The Kier molecular flexibility index (Phi) is 72.0. The number of phosphoric ester groups is 2. The summed E-state index contributed by atoms with van der Waals surface area (Å²) in [6.07, 6.45) is 87.9. The Morgan fingerprint density at radius 3 is 0.788 bits per heavy atom. The Morgan fingerprint density at radius 1 is 0.279 bits per heavy atom. The van der Waals surface area contributed by atoms with Gasteiger partial charge in [-0.3, -0.25) is 37.3 Å². The highest BCUT2D eigenvalue weighted by Crippen LogP contribution is 2.45. The number of phosphoric acid groups is 2. The number of hydrogen-bond acceptors (Lipinski definition) is 15. The van der Waals surface area contributed by atoms with E-state index in [1.807, 2.05) is 0 Å². The van der Waals surface area contributed by atoms with Gasteiger partial charge in [-0.25, -0.2) is 9.13 Å². The fourth-order valence-corrected chi connectivity index (χ4v) is 11.6. The lowest BCUT2D eigenvalue weighted by Gasteiger charge is -2.21. The van der Waals surface area contributed by atoms with Gasteiger partial charge in [0, 0.05) is 25.7 Å². The van der Waals surface area contributed by atoms with Crippen molar-refractivity contribution in [2.45, 2.75) is 316 Å². The minimum Gasteiger partial charge on any atom is -0.462 e. The van der Waals surface area contributed by atoms with E-state index in [1.54, 1.807) is 0 Å². The second-order valence-electron chi connectivity index (χ2n) is 25.9. The van der Waals surface area contributed by atoms with E-state index in [0.717, 1.165) is 193 Å². The zero-order valence-electron chi connectivity index (χ0n) is 64.6. The highest BCUT2D eigenvalue weighted by atomic mass is 31.2. The Morgan fingerprint density at radius 2 is 0.500 bits per heavy atom. The first kappa shape index (κ1) is 98.7. The van der Waals surface area contributed by atoms with Gasteiger partial charge in [0.2, 0.25) is 0 Å². The molecule has 0 aliphatic heterocycles. The molecule has 5 unspecified atom stereocenters. The molecular formula is C85H140O17P2. The van der Waals surface area contributed by atoms with Crippen molar-refractivity contribution in [3.05, 3.63) is 158 Å². The summed E-state index contributed by atoms with van der Waals surface area (Å²) in [6.45, 7) is 4.42. The molecule has 104 heavy (non-hydrogen) atoms. The first-order valence-corrected chi connectivity index (χ1v) is 42.7. The molecule has 5 atom stereocenters. The lowest BCUT2D eigenvalue weighted by molar-refractivity contribution is -0.161. The number of allylic oxidation sites excluding steroid dienone is 26. The number of carbonyl (C=O) groups is 4. The van der Waals surface area contributed by atoms with Crippen molar-refractivity contribution < 1.29 is 80.2 Å². The zero-order valence-corrected chi connectivity index (χ0v) is 66.4. The molecule has 0 aromatic heterocycles. The molecule has 0 fully saturated rings. The van der Waals surface area contributed by atoms with Crippen LogP contribution in [0.25, 0.3) is 0 Å². The molecule has 0 aliphatic rings. The van der Waals surface area contributed by atoms with E-state index in [-0.39, 0.29) is 25.7 Å². The van der Waals surface area contributed by atoms with E-state index in [0.29, 0.717) is 25.7 Å². The molecule has 0 radical (unpaired) electrons. The molecule has 0 aliphatic carbocycles. The van der Waals surface area contributed by atoms with Crippen molar-refractivity contribution in [1.29, 1.82) is 0 Å². The minimum atomic E-state index is -5.00. The first-order chi connectivity index (χ1) is 50.7. The van der Waals surface area contributed by atoms with Gasteiger partial charge in [-0.15, -0.1) is 0 Å². The monoisotopic (exact) mass is 1490 g/mol. The number of aliphatic hydroxyl groups is 1. The average molecular weight is 1500 g/mol. The number of ether oxygens (including phenoxy) is 4. The van der Waals surface area contributed by atoms with Crippen LogP contribution in [0, 0.1) is 0 Å². The summed E-state index contributed by atoms with van der Waals surface area (Å²) in [5.74, 6) is -2.27. The molecule has 0 spiro atoms. The predicted octanol–water partition coefficient (Wildman–Crippen LogP) is 23.2. The SMILES string of the molecule is CC/C=C\C/C=C\C/C=C\C/C=C\C/C=C\CCCCCC(=O)OCC(COP(=O)(O)OCC(O)COP(=O)(O)OCC(COC(=O)CCCCCCC/C=C\C/C=C\C/C=C\CC)OC(=O)CCCCCCC/C=C\CCCCCC)OC(=O)CCCCCC/C=C\C/C=C\C/C=C\C/C=C\CC. The molecule has 0 rings (SSSR count). The van der Waals surface area contributed by atoms with E-state index in [2.05, 4.69) is 186 Å².